The summed E-state index contributed by atoms with van der Waals surface area (Å²) in [5.41, 5.74) is 2.00. The second-order valence-electron chi connectivity index (χ2n) is 5.46. The molecule has 1 unspecified atom stereocenters. The molecule has 0 aliphatic rings. The van der Waals surface area contributed by atoms with Crippen molar-refractivity contribution in [3.8, 4) is 0 Å². The molecule has 0 spiro atoms. The van der Waals surface area contributed by atoms with Gasteiger partial charge < -0.3 is 10.6 Å². The number of benzene rings is 1. The zero-order valence-corrected chi connectivity index (χ0v) is 12.0. The van der Waals surface area contributed by atoms with Gasteiger partial charge >= 0.3 is 0 Å². The van der Waals surface area contributed by atoms with E-state index in [2.05, 4.69) is 31.4 Å². The van der Waals surface area contributed by atoms with Crippen LogP contribution in [0.15, 0.2) is 24.3 Å². The fourth-order valence-electron chi connectivity index (χ4n) is 1.64. The molecule has 0 aliphatic carbocycles. The molecule has 1 atom stereocenters. The number of carbonyl (C=O) groups excluding carboxylic acids is 1. The summed E-state index contributed by atoms with van der Waals surface area (Å²) in [5, 5.41) is 6.24. The summed E-state index contributed by atoms with van der Waals surface area (Å²) in [6.45, 7) is 10.2. The van der Waals surface area contributed by atoms with Crippen LogP contribution in [0, 0.1) is 6.92 Å². The van der Waals surface area contributed by atoms with Crippen molar-refractivity contribution in [2.75, 3.05) is 5.32 Å². The van der Waals surface area contributed by atoms with Gasteiger partial charge in [0.25, 0.3) is 0 Å². The Morgan fingerprint density at radius 3 is 2.33 bits per heavy atom. The Balaban J connectivity index is 2.57. The monoisotopic (exact) mass is 248 g/mol. The molecule has 18 heavy (non-hydrogen) atoms. The third-order valence-electron chi connectivity index (χ3n) is 3.20. The molecule has 100 valence electrons. The van der Waals surface area contributed by atoms with Crippen LogP contribution in [0.3, 0.4) is 0 Å². The topological polar surface area (TPSA) is 41.1 Å². The first-order valence-corrected chi connectivity index (χ1v) is 6.49. The molecule has 3 nitrogen and oxygen atoms in total. The SMILES string of the molecule is CCC(C)(C)NC(C)C(=O)Nc1ccc(C)cc1. The minimum atomic E-state index is -0.207. The van der Waals surface area contributed by atoms with Gasteiger partial charge in [-0.2, -0.15) is 0 Å². The van der Waals surface area contributed by atoms with E-state index in [0.29, 0.717) is 0 Å². The molecule has 1 amide bonds. The smallest absolute Gasteiger partial charge is 0.241 e. The zero-order chi connectivity index (χ0) is 13.8. The van der Waals surface area contributed by atoms with Crippen LogP contribution >= 0.6 is 0 Å². The molecule has 0 bridgehead atoms. The van der Waals surface area contributed by atoms with Gasteiger partial charge in [-0.1, -0.05) is 24.6 Å². The van der Waals surface area contributed by atoms with Crippen LogP contribution in [0.1, 0.15) is 39.7 Å². The van der Waals surface area contributed by atoms with Gasteiger partial charge in [0.2, 0.25) is 5.91 Å². The first-order chi connectivity index (χ1) is 8.34. The van der Waals surface area contributed by atoms with Crippen molar-refractivity contribution in [2.24, 2.45) is 0 Å². The number of rotatable bonds is 5. The summed E-state index contributed by atoms with van der Waals surface area (Å²) in [4.78, 5) is 12.0. The zero-order valence-electron chi connectivity index (χ0n) is 12.0. The van der Waals surface area contributed by atoms with E-state index in [4.69, 9.17) is 0 Å². The Morgan fingerprint density at radius 1 is 1.28 bits per heavy atom. The van der Waals surface area contributed by atoms with Gasteiger partial charge in [0.15, 0.2) is 0 Å². The molecule has 0 fully saturated rings. The normalized spacial score (nSPS) is 13.2. The molecule has 0 saturated heterocycles. The number of aryl methyl sites for hydroxylation is 1. The van der Waals surface area contributed by atoms with Crippen LogP contribution in [0.4, 0.5) is 5.69 Å². The van der Waals surface area contributed by atoms with Crippen molar-refractivity contribution in [3.05, 3.63) is 29.8 Å². The quantitative estimate of drug-likeness (QED) is 0.840. The highest BCUT2D eigenvalue weighted by Gasteiger charge is 2.21. The van der Waals surface area contributed by atoms with Crippen molar-refractivity contribution in [2.45, 2.75) is 52.6 Å². The molecule has 1 aromatic rings. The maximum absolute atomic E-state index is 12.0. The second-order valence-corrected chi connectivity index (χ2v) is 5.46. The summed E-state index contributed by atoms with van der Waals surface area (Å²) in [7, 11) is 0. The van der Waals surface area contributed by atoms with E-state index in [1.165, 1.54) is 5.56 Å². The summed E-state index contributed by atoms with van der Waals surface area (Å²) >= 11 is 0. The van der Waals surface area contributed by atoms with E-state index >= 15 is 0 Å². The molecule has 0 heterocycles. The lowest BCUT2D eigenvalue weighted by molar-refractivity contribution is -0.118. The van der Waals surface area contributed by atoms with Gasteiger partial charge in [0, 0.05) is 11.2 Å². The van der Waals surface area contributed by atoms with Gasteiger partial charge in [-0.05, 0) is 46.2 Å². The first kappa shape index (κ1) is 14.7. The summed E-state index contributed by atoms with van der Waals surface area (Å²) in [6.07, 6.45) is 0.981. The largest absolute Gasteiger partial charge is 0.325 e. The Morgan fingerprint density at radius 2 is 1.83 bits per heavy atom. The van der Waals surface area contributed by atoms with Crippen LogP contribution < -0.4 is 10.6 Å². The molecule has 2 N–H and O–H groups in total. The van der Waals surface area contributed by atoms with Gasteiger partial charge in [-0.15, -0.1) is 0 Å². The van der Waals surface area contributed by atoms with Gasteiger partial charge in [0.1, 0.15) is 0 Å². The number of carbonyl (C=O) groups is 1. The number of hydrogen-bond acceptors (Lipinski definition) is 2. The van der Waals surface area contributed by atoms with Crippen molar-refractivity contribution < 1.29 is 4.79 Å². The molecule has 0 aliphatic heterocycles. The van der Waals surface area contributed by atoms with E-state index in [-0.39, 0.29) is 17.5 Å². The van der Waals surface area contributed by atoms with Crippen molar-refractivity contribution >= 4 is 11.6 Å². The number of nitrogens with one attached hydrogen (secondary N) is 2. The molecule has 0 radical (unpaired) electrons. The van der Waals surface area contributed by atoms with Crippen LogP contribution in [0.25, 0.3) is 0 Å². The average molecular weight is 248 g/mol. The van der Waals surface area contributed by atoms with Gasteiger partial charge in [0.05, 0.1) is 6.04 Å². The molecule has 0 saturated carbocycles. The van der Waals surface area contributed by atoms with Crippen molar-refractivity contribution in [1.29, 1.82) is 0 Å². The van der Waals surface area contributed by atoms with E-state index in [9.17, 15) is 4.79 Å². The third-order valence-corrected chi connectivity index (χ3v) is 3.20. The Hall–Kier alpha value is -1.35. The minimum absolute atomic E-state index is 0.000350. The van der Waals surface area contributed by atoms with Crippen LogP contribution in [-0.4, -0.2) is 17.5 Å². The number of hydrogen-bond donors (Lipinski definition) is 2. The first-order valence-electron chi connectivity index (χ1n) is 6.49. The molecule has 1 aromatic carbocycles. The summed E-state index contributed by atoms with van der Waals surface area (Å²) in [6, 6.07) is 7.62. The predicted octanol–water partition coefficient (Wildman–Crippen LogP) is 3.10. The van der Waals surface area contributed by atoms with Crippen LogP contribution in [0.2, 0.25) is 0 Å². The lowest BCUT2D eigenvalue weighted by Gasteiger charge is -2.28. The third kappa shape index (κ3) is 4.49. The predicted molar refractivity (Wildman–Crippen MR) is 76.8 cm³/mol. The number of anilines is 1. The molecular formula is C15H24N2O. The highest BCUT2D eigenvalue weighted by molar-refractivity contribution is 5.94. The highest BCUT2D eigenvalue weighted by Crippen LogP contribution is 2.11. The molecule has 0 aromatic heterocycles. The maximum Gasteiger partial charge on any atom is 0.241 e. The van der Waals surface area contributed by atoms with Crippen molar-refractivity contribution in [3.63, 3.8) is 0 Å². The minimum Gasteiger partial charge on any atom is -0.325 e. The van der Waals surface area contributed by atoms with Gasteiger partial charge in [-0.3, -0.25) is 4.79 Å². The standard InChI is InChI=1S/C15H24N2O/c1-6-15(4,5)17-12(3)14(18)16-13-9-7-11(2)8-10-13/h7-10,12,17H,6H2,1-5H3,(H,16,18). The fraction of sp³-hybridized carbons (Fsp3) is 0.533. The second kappa shape index (κ2) is 6.01. The Labute approximate surface area is 110 Å². The Bertz CT molecular complexity index is 395. The highest BCUT2D eigenvalue weighted by atomic mass is 16.2. The van der Waals surface area contributed by atoms with Crippen LogP contribution in [0.5, 0.6) is 0 Å². The fourth-order valence-corrected chi connectivity index (χ4v) is 1.64. The van der Waals surface area contributed by atoms with E-state index in [1.807, 2.05) is 38.1 Å². The lowest BCUT2D eigenvalue weighted by atomic mass is 10.0. The summed E-state index contributed by atoms with van der Waals surface area (Å²) in [5.74, 6) is 0.000350. The number of amides is 1. The molecule has 3 heteroatoms. The Kier molecular flexibility index (Phi) is 4.91. The van der Waals surface area contributed by atoms with E-state index in [1.54, 1.807) is 0 Å². The van der Waals surface area contributed by atoms with Crippen LogP contribution in [-0.2, 0) is 4.79 Å². The van der Waals surface area contributed by atoms with Crippen molar-refractivity contribution in [1.82, 2.24) is 5.32 Å². The molecule has 1 rings (SSSR count). The van der Waals surface area contributed by atoms with Gasteiger partial charge in [-0.25, -0.2) is 0 Å². The molecular weight excluding hydrogens is 224 g/mol. The maximum atomic E-state index is 12.0. The van der Waals surface area contributed by atoms with E-state index in [0.717, 1.165) is 12.1 Å². The van der Waals surface area contributed by atoms with E-state index < -0.39 is 0 Å². The average Bonchev–Trinajstić information content (AvgIpc) is 2.31. The summed E-state index contributed by atoms with van der Waals surface area (Å²) < 4.78 is 0. The lowest BCUT2D eigenvalue weighted by Crippen LogP contribution is -2.49.